The maximum atomic E-state index is 13.9. The van der Waals surface area contributed by atoms with Gasteiger partial charge in [-0.15, -0.1) is 0 Å². The van der Waals surface area contributed by atoms with Gasteiger partial charge in [-0.3, -0.25) is 4.79 Å². The second-order valence-corrected chi connectivity index (χ2v) is 7.42. The number of nitrogens with one attached hydrogen (secondary N) is 1. The molecular formula is C20H20ClFN6O2. The van der Waals surface area contributed by atoms with E-state index in [4.69, 9.17) is 27.8 Å². The van der Waals surface area contributed by atoms with Crippen molar-refractivity contribution in [1.82, 2.24) is 20.1 Å². The zero-order valence-corrected chi connectivity index (χ0v) is 16.7. The summed E-state index contributed by atoms with van der Waals surface area (Å²) >= 11 is 5.70. The summed E-state index contributed by atoms with van der Waals surface area (Å²) in [5, 5.41) is 8.06. The van der Waals surface area contributed by atoms with Gasteiger partial charge in [-0.25, -0.2) is 14.1 Å². The number of halogens is 2. The summed E-state index contributed by atoms with van der Waals surface area (Å²) < 4.78 is 21.0. The average molecular weight is 431 g/mol. The highest BCUT2D eigenvalue weighted by Gasteiger charge is 2.26. The quantitative estimate of drug-likeness (QED) is 0.571. The van der Waals surface area contributed by atoms with Gasteiger partial charge >= 0.3 is 0 Å². The fourth-order valence-corrected chi connectivity index (χ4v) is 3.63. The van der Waals surface area contributed by atoms with Gasteiger partial charge in [0.15, 0.2) is 5.82 Å². The minimum absolute atomic E-state index is 0.0483. The van der Waals surface area contributed by atoms with E-state index in [1.165, 1.54) is 6.20 Å². The van der Waals surface area contributed by atoms with E-state index in [0.717, 1.165) is 32.0 Å². The zero-order chi connectivity index (χ0) is 21.3. The Morgan fingerprint density at radius 3 is 2.73 bits per heavy atom. The SMILES string of the molecule is NC(=O)c1c(-c2ccc(Oc3ncc(Cl)cc3F)cc2)nn(C2CCCNC2)c1N. The van der Waals surface area contributed by atoms with Gasteiger partial charge in [0.1, 0.15) is 22.8 Å². The lowest BCUT2D eigenvalue weighted by Gasteiger charge is -2.23. The third-order valence-corrected chi connectivity index (χ3v) is 5.13. The van der Waals surface area contributed by atoms with Crippen LogP contribution in [0.4, 0.5) is 10.2 Å². The highest BCUT2D eigenvalue weighted by molar-refractivity contribution is 6.30. The predicted molar refractivity (Wildman–Crippen MR) is 111 cm³/mol. The Bertz CT molecular complexity index is 1080. The molecule has 156 valence electrons. The molecule has 0 bridgehead atoms. The monoisotopic (exact) mass is 430 g/mol. The van der Waals surface area contributed by atoms with Crippen molar-refractivity contribution in [3.8, 4) is 22.9 Å². The molecule has 1 amide bonds. The van der Waals surface area contributed by atoms with Crippen molar-refractivity contribution in [2.45, 2.75) is 18.9 Å². The van der Waals surface area contributed by atoms with Crippen LogP contribution in [0.5, 0.6) is 11.6 Å². The zero-order valence-electron chi connectivity index (χ0n) is 15.9. The fourth-order valence-electron chi connectivity index (χ4n) is 3.48. The molecule has 0 spiro atoms. The second-order valence-electron chi connectivity index (χ2n) is 6.98. The summed E-state index contributed by atoms with van der Waals surface area (Å²) in [6.07, 6.45) is 3.19. The molecule has 30 heavy (non-hydrogen) atoms. The van der Waals surface area contributed by atoms with E-state index in [1.807, 2.05) is 0 Å². The number of nitrogens with two attached hydrogens (primary N) is 2. The van der Waals surface area contributed by atoms with E-state index < -0.39 is 11.7 Å². The molecule has 8 nitrogen and oxygen atoms in total. The van der Waals surface area contributed by atoms with E-state index in [0.29, 0.717) is 17.0 Å². The second kappa shape index (κ2) is 8.29. The highest BCUT2D eigenvalue weighted by atomic mass is 35.5. The number of hydrogen-bond acceptors (Lipinski definition) is 6. The molecule has 0 saturated carbocycles. The fraction of sp³-hybridized carbons (Fsp3) is 0.250. The number of benzene rings is 1. The van der Waals surface area contributed by atoms with Crippen molar-refractivity contribution in [2.24, 2.45) is 5.73 Å². The lowest BCUT2D eigenvalue weighted by Crippen LogP contribution is -2.32. The van der Waals surface area contributed by atoms with Crippen molar-refractivity contribution in [3.05, 3.63) is 52.9 Å². The van der Waals surface area contributed by atoms with Crippen LogP contribution in [0.3, 0.4) is 0 Å². The van der Waals surface area contributed by atoms with E-state index in [1.54, 1.807) is 28.9 Å². The van der Waals surface area contributed by atoms with E-state index >= 15 is 0 Å². The van der Waals surface area contributed by atoms with Crippen LogP contribution in [-0.4, -0.2) is 33.8 Å². The highest BCUT2D eigenvalue weighted by Crippen LogP contribution is 2.32. The van der Waals surface area contributed by atoms with E-state index in [-0.39, 0.29) is 28.3 Å². The van der Waals surface area contributed by atoms with E-state index in [9.17, 15) is 9.18 Å². The number of aromatic nitrogens is 3. The number of amides is 1. The number of anilines is 1. The summed E-state index contributed by atoms with van der Waals surface area (Å²) in [5.41, 5.74) is 13.0. The molecule has 1 atom stereocenters. The molecule has 0 radical (unpaired) electrons. The number of rotatable bonds is 5. The third-order valence-electron chi connectivity index (χ3n) is 4.93. The van der Waals surface area contributed by atoms with Crippen molar-refractivity contribution < 1.29 is 13.9 Å². The van der Waals surface area contributed by atoms with E-state index in [2.05, 4.69) is 15.4 Å². The predicted octanol–water partition coefficient (Wildman–Crippen LogP) is 3.14. The van der Waals surface area contributed by atoms with Gasteiger partial charge in [-0.1, -0.05) is 11.6 Å². The van der Waals surface area contributed by atoms with Crippen LogP contribution in [-0.2, 0) is 0 Å². The van der Waals surface area contributed by atoms with Crippen LogP contribution in [0.15, 0.2) is 36.5 Å². The van der Waals surface area contributed by atoms with Gasteiger partial charge in [0, 0.05) is 18.3 Å². The molecule has 3 heterocycles. The Morgan fingerprint density at radius 2 is 2.10 bits per heavy atom. The average Bonchev–Trinajstić information content (AvgIpc) is 3.09. The van der Waals surface area contributed by atoms with Gasteiger partial charge in [-0.2, -0.15) is 5.10 Å². The Balaban J connectivity index is 1.64. The molecule has 0 aliphatic carbocycles. The summed E-state index contributed by atoms with van der Waals surface area (Å²) in [6.45, 7) is 1.66. The standard InChI is InChI=1S/C20H20ClFN6O2/c21-12-8-15(22)20(26-9-12)30-14-5-3-11(4-6-14)17-16(19(24)29)18(23)28(27-17)13-2-1-7-25-10-13/h3-6,8-9,13,25H,1-2,7,10,23H2,(H2,24,29). The number of nitrogen functional groups attached to an aromatic ring is 1. The number of ether oxygens (including phenoxy) is 1. The summed E-state index contributed by atoms with van der Waals surface area (Å²) in [6, 6.07) is 7.79. The number of nitrogens with zero attached hydrogens (tertiary/aromatic N) is 3. The minimum Gasteiger partial charge on any atom is -0.436 e. The molecule has 1 unspecified atom stereocenters. The molecule has 2 aromatic heterocycles. The smallest absolute Gasteiger partial charge is 0.255 e. The van der Waals surface area contributed by atoms with Crippen LogP contribution >= 0.6 is 11.6 Å². The summed E-state index contributed by atoms with van der Waals surface area (Å²) in [5.74, 6) is -0.903. The minimum atomic E-state index is -0.671. The first kappa shape index (κ1) is 20.1. The van der Waals surface area contributed by atoms with Crippen LogP contribution in [0.25, 0.3) is 11.3 Å². The molecule has 1 aliphatic heterocycles. The van der Waals surface area contributed by atoms with Crippen LogP contribution in [0, 0.1) is 5.82 Å². The van der Waals surface area contributed by atoms with Gasteiger partial charge in [-0.05, 0) is 49.7 Å². The molecule has 1 aromatic carbocycles. The topological polar surface area (TPSA) is 121 Å². The summed E-state index contributed by atoms with van der Waals surface area (Å²) in [4.78, 5) is 15.9. The Hall–Kier alpha value is -3.17. The Kier molecular flexibility index (Phi) is 5.56. The molecule has 1 saturated heterocycles. The molecular weight excluding hydrogens is 411 g/mol. The molecule has 10 heteroatoms. The van der Waals surface area contributed by atoms with Crippen molar-refractivity contribution in [1.29, 1.82) is 0 Å². The van der Waals surface area contributed by atoms with Gasteiger partial charge in [0.05, 0.1) is 11.1 Å². The van der Waals surface area contributed by atoms with Gasteiger partial charge in [0.25, 0.3) is 11.8 Å². The maximum Gasteiger partial charge on any atom is 0.255 e. The first-order valence-corrected chi connectivity index (χ1v) is 9.79. The van der Waals surface area contributed by atoms with Crippen LogP contribution in [0.1, 0.15) is 29.2 Å². The molecule has 4 rings (SSSR count). The summed E-state index contributed by atoms with van der Waals surface area (Å²) in [7, 11) is 0. The Labute approximate surface area is 177 Å². The number of carbonyl (C=O) groups excluding carboxylic acids is 1. The lowest BCUT2D eigenvalue weighted by molar-refractivity contribution is 0.100. The van der Waals surface area contributed by atoms with Gasteiger partial charge < -0.3 is 21.5 Å². The maximum absolute atomic E-state index is 13.9. The van der Waals surface area contributed by atoms with Crippen molar-refractivity contribution in [3.63, 3.8) is 0 Å². The largest absolute Gasteiger partial charge is 0.436 e. The number of carbonyl (C=O) groups is 1. The molecule has 3 aromatic rings. The molecule has 5 N–H and O–H groups in total. The number of pyridine rings is 1. The van der Waals surface area contributed by atoms with Crippen molar-refractivity contribution >= 4 is 23.3 Å². The van der Waals surface area contributed by atoms with Gasteiger partial charge in [0.2, 0.25) is 0 Å². The molecule has 1 fully saturated rings. The molecule has 1 aliphatic rings. The van der Waals surface area contributed by atoms with Crippen molar-refractivity contribution in [2.75, 3.05) is 18.8 Å². The number of hydrogen-bond donors (Lipinski definition) is 3. The first-order chi connectivity index (χ1) is 14.4. The van der Waals surface area contributed by atoms with Crippen LogP contribution < -0.4 is 21.5 Å². The third kappa shape index (κ3) is 3.94. The lowest BCUT2D eigenvalue weighted by atomic mass is 10.1. The Morgan fingerprint density at radius 1 is 1.33 bits per heavy atom. The number of piperidine rings is 1. The van der Waals surface area contributed by atoms with Crippen LogP contribution in [0.2, 0.25) is 5.02 Å². The first-order valence-electron chi connectivity index (χ1n) is 9.42. The number of primary amides is 1. The normalized spacial score (nSPS) is 16.4.